The molecule has 3 aromatic heterocycles. The monoisotopic (exact) mass is 304 g/mol. The largest absolute Gasteiger partial charge is 0.326 e. The standard InChI is InChI=1S/C13H12N4OS2/c1-19-12-7-9(2-3-14-12)15-11(18)6-10-8-17-4-5-20-13(17)16-10/h2-5,7-8H,6H2,1H3,(H,14,15,18). The van der Waals surface area contributed by atoms with Gasteiger partial charge < -0.3 is 5.32 Å². The van der Waals surface area contributed by atoms with Crippen molar-refractivity contribution in [3.8, 4) is 0 Å². The number of thioether (sulfide) groups is 1. The Morgan fingerprint density at radius 1 is 1.55 bits per heavy atom. The molecule has 0 saturated heterocycles. The number of anilines is 1. The number of amides is 1. The second kappa shape index (κ2) is 5.64. The Bertz CT molecular complexity index is 721. The maximum absolute atomic E-state index is 12.0. The van der Waals surface area contributed by atoms with Gasteiger partial charge in [0.1, 0.15) is 0 Å². The van der Waals surface area contributed by atoms with Crippen LogP contribution in [0.1, 0.15) is 5.69 Å². The van der Waals surface area contributed by atoms with Crippen molar-refractivity contribution in [1.29, 1.82) is 0 Å². The fourth-order valence-corrected chi connectivity index (χ4v) is 2.96. The van der Waals surface area contributed by atoms with E-state index in [1.54, 1.807) is 35.4 Å². The first-order valence-electron chi connectivity index (χ1n) is 5.95. The van der Waals surface area contributed by atoms with Gasteiger partial charge in [-0.25, -0.2) is 9.97 Å². The maximum atomic E-state index is 12.0. The summed E-state index contributed by atoms with van der Waals surface area (Å²) in [5.74, 6) is -0.0750. The quantitative estimate of drug-likeness (QED) is 0.753. The van der Waals surface area contributed by atoms with Crippen LogP contribution in [0.3, 0.4) is 0 Å². The summed E-state index contributed by atoms with van der Waals surface area (Å²) in [6.45, 7) is 0. The van der Waals surface area contributed by atoms with Crippen molar-refractivity contribution in [2.24, 2.45) is 0 Å². The van der Waals surface area contributed by atoms with Crippen LogP contribution < -0.4 is 5.32 Å². The lowest BCUT2D eigenvalue weighted by molar-refractivity contribution is -0.115. The molecule has 0 aromatic carbocycles. The van der Waals surface area contributed by atoms with Crippen LogP contribution in [0.4, 0.5) is 5.69 Å². The Hall–Kier alpha value is -1.86. The number of rotatable bonds is 4. The summed E-state index contributed by atoms with van der Waals surface area (Å²) >= 11 is 3.09. The van der Waals surface area contributed by atoms with Crippen LogP contribution in [-0.4, -0.2) is 26.5 Å². The molecule has 5 nitrogen and oxygen atoms in total. The van der Waals surface area contributed by atoms with Gasteiger partial charge in [0.05, 0.1) is 17.1 Å². The molecule has 0 atom stereocenters. The van der Waals surface area contributed by atoms with Crippen LogP contribution in [-0.2, 0) is 11.2 Å². The number of carbonyl (C=O) groups is 1. The Labute approximate surface area is 124 Å². The van der Waals surface area contributed by atoms with Crippen molar-refractivity contribution >= 4 is 39.7 Å². The lowest BCUT2D eigenvalue weighted by Gasteiger charge is -2.04. The number of nitrogens with one attached hydrogen (secondary N) is 1. The van der Waals surface area contributed by atoms with Crippen LogP contribution in [0, 0.1) is 0 Å². The van der Waals surface area contributed by atoms with Gasteiger partial charge in [-0.1, -0.05) is 0 Å². The summed E-state index contributed by atoms with van der Waals surface area (Å²) in [6, 6.07) is 3.64. The predicted octanol–water partition coefficient (Wildman–Crippen LogP) is 2.69. The van der Waals surface area contributed by atoms with E-state index in [9.17, 15) is 4.79 Å². The number of hydrogen-bond acceptors (Lipinski definition) is 5. The smallest absolute Gasteiger partial charge is 0.230 e. The normalized spacial score (nSPS) is 10.8. The Balaban J connectivity index is 1.68. The van der Waals surface area contributed by atoms with Gasteiger partial charge in [-0.05, 0) is 18.4 Å². The van der Waals surface area contributed by atoms with Gasteiger partial charge in [-0.3, -0.25) is 9.20 Å². The summed E-state index contributed by atoms with van der Waals surface area (Å²) in [5, 5.41) is 5.71. The summed E-state index contributed by atoms with van der Waals surface area (Å²) < 4.78 is 1.92. The van der Waals surface area contributed by atoms with Gasteiger partial charge in [0.2, 0.25) is 5.91 Å². The fraction of sp³-hybridized carbons (Fsp3) is 0.154. The van der Waals surface area contributed by atoms with Gasteiger partial charge in [0.15, 0.2) is 4.96 Å². The molecular formula is C13H12N4OS2. The number of nitrogens with zero attached hydrogens (tertiary/aromatic N) is 3. The molecule has 3 aromatic rings. The number of pyridine rings is 1. The first-order valence-corrected chi connectivity index (χ1v) is 8.06. The zero-order valence-corrected chi connectivity index (χ0v) is 12.4. The summed E-state index contributed by atoms with van der Waals surface area (Å²) in [4.78, 5) is 21.5. The molecule has 3 heterocycles. The van der Waals surface area contributed by atoms with Crippen LogP contribution >= 0.6 is 23.1 Å². The second-order valence-electron chi connectivity index (χ2n) is 4.14. The van der Waals surface area contributed by atoms with Crippen molar-refractivity contribution in [2.45, 2.75) is 11.4 Å². The predicted molar refractivity (Wildman–Crippen MR) is 81.4 cm³/mol. The number of imidazole rings is 1. The van der Waals surface area contributed by atoms with Crippen LogP contribution in [0.15, 0.2) is 41.1 Å². The lowest BCUT2D eigenvalue weighted by Crippen LogP contribution is -2.14. The van der Waals surface area contributed by atoms with Crippen LogP contribution in [0.5, 0.6) is 0 Å². The van der Waals surface area contributed by atoms with E-state index in [2.05, 4.69) is 15.3 Å². The third kappa shape index (κ3) is 2.83. The minimum absolute atomic E-state index is 0.0750. The van der Waals surface area contributed by atoms with Crippen LogP contribution in [0.25, 0.3) is 4.96 Å². The molecule has 0 spiro atoms. The molecule has 0 fully saturated rings. The molecule has 0 saturated carbocycles. The minimum atomic E-state index is -0.0750. The molecule has 0 aliphatic heterocycles. The highest BCUT2D eigenvalue weighted by molar-refractivity contribution is 7.98. The molecule has 102 valence electrons. The molecule has 0 aliphatic rings. The number of hydrogen-bond donors (Lipinski definition) is 1. The van der Waals surface area contributed by atoms with Gasteiger partial charge in [0.25, 0.3) is 0 Å². The lowest BCUT2D eigenvalue weighted by atomic mass is 10.3. The summed E-state index contributed by atoms with van der Waals surface area (Å²) in [7, 11) is 0. The number of thiazole rings is 1. The van der Waals surface area contributed by atoms with Crippen molar-refractivity contribution in [1.82, 2.24) is 14.4 Å². The Kier molecular flexibility index (Phi) is 3.70. The van der Waals surface area contributed by atoms with Crippen molar-refractivity contribution in [3.05, 3.63) is 41.8 Å². The molecule has 1 amide bonds. The Morgan fingerprint density at radius 2 is 2.45 bits per heavy atom. The molecule has 0 aliphatic carbocycles. The molecule has 3 rings (SSSR count). The number of aromatic nitrogens is 3. The molecule has 0 radical (unpaired) electrons. The highest BCUT2D eigenvalue weighted by Crippen LogP contribution is 2.16. The molecule has 0 bridgehead atoms. The van der Waals surface area contributed by atoms with Crippen molar-refractivity contribution in [2.75, 3.05) is 11.6 Å². The third-order valence-corrected chi connectivity index (χ3v) is 4.12. The third-order valence-electron chi connectivity index (χ3n) is 2.71. The summed E-state index contributed by atoms with van der Waals surface area (Å²) in [5.41, 5.74) is 1.53. The average Bonchev–Trinajstić information content (AvgIpc) is 2.99. The molecule has 7 heteroatoms. The highest BCUT2D eigenvalue weighted by atomic mass is 32.2. The second-order valence-corrected chi connectivity index (χ2v) is 5.84. The van der Waals surface area contributed by atoms with Crippen LogP contribution in [0.2, 0.25) is 0 Å². The Morgan fingerprint density at radius 3 is 3.25 bits per heavy atom. The molecule has 0 unspecified atom stereocenters. The van der Waals surface area contributed by atoms with E-state index in [-0.39, 0.29) is 12.3 Å². The first kappa shape index (κ1) is 13.1. The van der Waals surface area contributed by atoms with E-state index in [1.807, 2.05) is 34.5 Å². The summed E-state index contributed by atoms with van der Waals surface area (Å²) in [6.07, 6.45) is 7.72. The van der Waals surface area contributed by atoms with E-state index >= 15 is 0 Å². The molecular weight excluding hydrogens is 292 g/mol. The molecule has 1 N–H and O–H groups in total. The average molecular weight is 304 g/mol. The fourth-order valence-electron chi connectivity index (χ4n) is 1.83. The number of fused-ring (bicyclic) bond motifs is 1. The van der Waals surface area contributed by atoms with Crippen molar-refractivity contribution < 1.29 is 4.79 Å². The molecule has 20 heavy (non-hydrogen) atoms. The van der Waals surface area contributed by atoms with E-state index in [0.717, 1.165) is 21.4 Å². The number of carbonyl (C=O) groups excluding carboxylic acids is 1. The zero-order valence-electron chi connectivity index (χ0n) is 10.7. The van der Waals surface area contributed by atoms with E-state index in [1.165, 1.54) is 0 Å². The van der Waals surface area contributed by atoms with Gasteiger partial charge in [0, 0.05) is 29.7 Å². The zero-order chi connectivity index (χ0) is 13.9. The SMILES string of the molecule is CSc1cc(NC(=O)Cc2cn3ccsc3n2)ccn1. The van der Waals surface area contributed by atoms with Gasteiger partial charge >= 0.3 is 0 Å². The van der Waals surface area contributed by atoms with E-state index in [0.29, 0.717) is 0 Å². The van der Waals surface area contributed by atoms with Gasteiger partial charge in [-0.15, -0.1) is 23.1 Å². The van der Waals surface area contributed by atoms with Crippen molar-refractivity contribution in [3.63, 3.8) is 0 Å². The van der Waals surface area contributed by atoms with E-state index < -0.39 is 0 Å². The highest BCUT2D eigenvalue weighted by Gasteiger charge is 2.09. The first-order chi connectivity index (χ1) is 9.74. The maximum Gasteiger partial charge on any atom is 0.230 e. The van der Waals surface area contributed by atoms with Gasteiger partial charge in [-0.2, -0.15) is 0 Å². The van der Waals surface area contributed by atoms with E-state index in [4.69, 9.17) is 0 Å². The topological polar surface area (TPSA) is 59.3 Å². The minimum Gasteiger partial charge on any atom is -0.326 e.